The summed E-state index contributed by atoms with van der Waals surface area (Å²) in [7, 11) is 0. The average molecular weight is 394 g/mol. The zero-order chi connectivity index (χ0) is 20.5. The zero-order valence-electron chi connectivity index (χ0n) is 17.1. The fourth-order valence-corrected chi connectivity index (χ4v) is 3.99. The van der Waals surface area contributed by atoms with E-state index in [-0.39, 0.29) is 11.8 Å². The number of piperazine rings is 1. The van der Waals surface area contributed by atoms with Gasteiger partial charge in [-0.05, 0) is 48.2 Å². The fourth-order valence-electron chi connectivity index (χ4n) is 3.99. The highest BCUT2D eigenvalue weighted by Gasteiger charge is 2.26. The SMILES string of the molecule is Cc1cc2occ(CC(=O)N3CCN(C(=O)c4ccco4)CC3)c2cc1C(C)C. The lowest BCUT2D eigenvalue weighted by Gasteiger charge is -2.34. The third-order valence-electron chi connectivity index (χ3n) is 5.66. The van der Waals surface area contributed by atoms with Crippen molar-refractivity contribution >= 4 is 22.8 Å². The summed E-state index contributed by atoms with van der Waals surface area (Å²) in [4.78, 5) is 28.8. The molecule has 29 heavy (non-hydrogen) atoms. The van der Waals surface area contributed by atoms with Crippen LogP contribution in [-0.4, -0.2) is 47.8 Å². The lowest BCUT2D eigenvalue weighted by molar-refractivity contribution is -0.131. The van der Waals surface area contributed by atoms with Crippen molar-refractivity contribution in [3.63, 3.8) is 0 Å². The lowest BCUT2D eigenvalue weighted by Crippen LogP contribution is -2.50. The number of benzene rings is 1. The number of aryl methyl sites for hydroxylation is 1. The molecule has 0 saturated carbocycles. The molecule has 6 heteroatoms. The van der Waals surface area contributed by atoms with Crippen LogP contribution in [0, 0.1) is 6.92 Å². The molecule has 0 N–H and O–H groups in total. The molecule has 1 aliphatic heterocycles. The van der Waals surface area contributed by atoms with Crippen molar-refractivity contribution in [2.24, 2.45) is 0 Å². The number of furan rings is 2. The summed E-state index contributed by atoms with van der Waals surface area (Å²) in [6.45, 7) is 8.49. The summed E-state index contributed by atoms with van der Waals surface area (Å²) < 4.78 is 10.9. The van der Waals surface area contributed by atoms with Gasteiger partial charge in [0.1, 0.15) is 5.58 Å². The van der Waals surface area contributed by atoms with E-state index in [9.17, 15) is 9.59 Å². The topological polar surface area (TPSA) is 66.9 Å². The van der Waals surface area contributed by atoms with Crippen molar-refractivity contribution in [3.05, 3.63) is 59.2 Å². The molecule has 0 atom stereocenters. The molecular weight excluding hydrogens is 368 g/mol. The standard InChI is InChI=1S/C23H26N2O4/c1-15(2)18-13-19-17(14-29-21(19)11-16(18)3)12-22(26)24-6-8-25(9-7-24)23(27)20-5-4-10-28-20/h4-5,10-11,13-15H,6-9,12H2,1-3H3. The Bertz CT molecular complexity index is 1020. The normalized spacial score (nSPS) is 14.8. The smallest absolute Gasteiger partial charge is 0.289 e. The summed E-state index contributed by atoms with van der Waals surface area (Å²) in [5, 5.41) is 1.01. The highest BCUT2D eigenvalue weighted by atomic mass is 16.3. The van der Waals surface area contributed by atoms with Crippen LogP contribution in [0.1, 0.15) is 47.0 Å². The molecule has 4 rings (SSSR count). The van der Waals surface area contributed by atoms with Crippen LogP contribution >= 0.6 is 0 Å². The van der Waals surface area contributed by atoms with Gasteiger partial charge < -0.3 is 18.6 Å². The van der Waals surface area contributed by atoms with Crippen LogP contribution in [0.5, 0.6) is 0 Å². The molecule has 2 aromatic heterocycles. The van der Waals surface area contributed by atoms with E-state index >= 15 is 0 Å². The Morgan fingerprint density at radius 1 is 1.07 bits per heavy atom. The molecule has 1 fully saturated rings. The number of nitrogens with zero attached hydrogens (tertiary/aromatic N) is 2. The molecule has 1 saturated heterocycles. The first-order valence-electron chi connectivity index (χ1n) is 10.0. The van der Waals surface area contributed by atoms with Crippen LogP contribution in [-0.2, 0) is 11.2 Å². The number of rotatable bonds is 4. The summed E-state index contributed by atoms with van der Waals surface area (Å²) in [6.07, 6.45) is 3.50. The van der Waals surface area contributed by atoms with Crippen LogP contribution in [0.3, 0.4) is 0 Å². The van der Waals surface area contributed by atoms with Crippen molar-refractivity contribution in [2.45, 2.75) is 33.1 Å². The fraction of sp³-hybridized carbons (Fsp3) is 0.391. The van der Waals surface area contributed by atoms with E-state index in [1.165, 1.54) is 17.4 Å². The van der Waals surface area contributed by atoms with E-state index in [4.69, 9.17) is 8.83 Å². The van der Waals surface area contributed by atoms with E-state index < -0.39 is 0 Å². The first kappa shape index (κ1) is 19.3. The largest absolute Gasteiger partial charge is 0.464 e. The summed E-state index contributed by atoms with van der Waals surface area (Å²) >= 11 is 0. The Hall–Kier alpha value is -3.02. The van der Waals surface area contributed by atoms with Gasteiger partial charge in [0.2, 0.25) is 5.91 Å². The van der Waals surface area contributed by atoms with Crippen molar-refractivity contribution in [3.8, 4) is 0 Å². The van der Waals surface area contributed by atoms with Crippen molar-refractivity contribution in [2.75, 3.05) is 26.2 Å². The van der Waals surface area contributed by atoms with Gasteiger partial charge in [0.05, 0.1) is 18.9 Å². The molecule has 0 aliphatic carbocycles. The molecule has 0 bridgehead atoms. The van der Waals surface area contributed by atoms with Crippen LogP contribution in [0.15, 0.2) is 45.6 Å². The second-order valence-corrected chi connectivity index (χ2v) is 7.95. The van der Waals surface area contributed by atoms with Crippen molar-refractivity contribution in [1.29, 1.82) is 0 Å². The first-order valence-corrected chi connectivity index (χ1v) is 10.0. The maximum Gasteiger partial charge on any atom is 0.289 e. The third kappa shape index (κ3) is 3.79. The predicted molar refractivity (Wildman–Crippen MR) is 110 cm³/mol. The predicted octanol–water partition coefficient (Wildman–Crippen LogP) is 3.98. The van der Waals surface area contributed by atoms with Gasteiger partial charge in [0.25, 0.3) is 5.91 Å². The maximum absolute atomic E-state index is 12.9. The number of amides is 2. The molecule has 1 aliphatic rings. The van der Waals surface area contributed by atoms with Gasteiger partial charge in [-0.1, -0.05) is 13.8 Å². The Labute approximate surface area is 170 Å². The third-order valence-corrected chi connectivity index (χ3v) is 5.66. The minimum absolute atomic E-state index is 0.0597. The van der Waals surface area contributed by atoms with E-state index in [0.717, 1.165) is 16.5 Å². The maximum atomic E-state index is 12.9. The number of fused-ring (bicyclic) bond motifs is 1. The molecule has 0 radical (unpaired) electrons. The Morgan fingerprint density at radius 2 is 1.79 bits per heavy atom. The van der Waals surface area contributed by atoms with Gasteiger partial charge in [-0.3, -0.25) is 9.59 Å². The van der Waals surface area contributed by atoms with E-state index in [0.29, 0.717) is 44.3 Å². The summed E-state index contributed by atoms with van der Waals surface area (Å²) in [5.41, 5.74) is 4.22. The van der Waals surface area contributed by atoms with Crippen LogP contribution in [0.4, 0.5) is 0 Å². The van der Waals surface area contributed by atoms with Gasteiger partial charge in [0.15, 0.2) is 5.76 Å². The highest BCUT2D eigenvalue weighted by Crippen LogP contribution is 2.29. The summed E-state index contributed by atoms with van der Waals surface area (Å²) in [5.74, 6) is 0.688. The molecule has 1 aromatic carbocycles. The number of hydrogen-bond acceptors (Lipinski definition) is 4. The van der Waals surface area contributed by atoms with E-state index in [1.807, 2.05) is 4.90 Å². The van der Waals surface area contributed by atoms with E-state index in [1.54, 1.807) is 23.3 Å². The average Bonchev–Trinajstić information content (AvgIpc) is 3.37. The van der Waals surface area contributed by atoms with Gasteiger partial charge in [-0.15, -0.1) is 0 Å². The molecule has 152 valence electrons. The molecule has 2 amide bonds. The molecule has 3 heterocycles. The molecule has 3 aromatic rings. The minimum atomic E-state index is -0.125. The quantitative estimate of drug-likeness (QED) is 0.671. The van der Waals surface area contributed by atoms with Gasteiger partial charge >= 0.3 is 0 Å². The van der Waals surface area contributed by atoms with Crippen LogP contribution in [0.25, 0.3) is 11.0 Å². The second kappa shape index (κ2) is 7.78. The van der Waals surface area contributed by atoms with Gasteiger partial charge in [-0.25, -0.2) is 0 Å². The molecular formula is C23H26N2O4. The number of hydrogen-bond donors (Lipinski definition) is 0. The Kier molecular flexibility index (Phi) is 5.18. The number of carbonyl (C=O) groups excluding carboxylic acids is 2. The molecule has 0 spiro atoms. The van der Waals surface area contributed by atoms with Crippen molar-refractivity contribution in [1.82, 2.24) is 9.80 Å². The Morgan fingerprint density at radius 3 is 2.45 bits per heavy atom. The van der Waals surface area contributed by atoms with Crippen molar-refractivity contribution < 1.29 is 18.4 Å². The monoisotopic (exact) mass is 394 g/mol. The zero-order valence-corrected chi connectivity index (χ0v) is 17.1. The summed E-state index contributed by atoms with van der Waals surface area (Å²) in [6, 6.07) is 7.57. The second-order valence-electron chi connectivity index (χ2n) is 7.95. The van der Waals surface area contributed by atoms with E-state index in [2.05, 4.69) is 32.9 Å². The molecule has 0 unspecified atom stereocenters. The van der Waals surface area contributed by atoms with Crippen LogP contribution in [0.2, 0.25) is 0 Å². The molecule has 6 nitrogen and oxygen atoms in total. The lowest BCUT2D eigenvalue weighted by atomic mass is 9.95. The van der Waals surface area contributed by atoms with Crippen LogP contribution < -0.4 is 0 Å². The first-order chi connectivity index (χ1) is 13.9. The number of carbonyl (C=O) groups is 2. The highest BCUT2D eigenvalue weighted by molar-refractivity contribution is 5.92. The Balaban J connectivity index is 1.43. The van der Waals surface area contributed by atoms with Gasteiger partial charge in [-0.2, -0.15) is 0 Å². The van der Waals surface area contributed by atoms with Gasteiger partial charge in [0, 0.05) is 37.1 Å². The minimum Gasteiger partial charge on any atom is -0.464 e.